The highest BCUT2D eigenvalue weighted by Crippen LogP contribution is 2.27. The zero-order valence-corrected chi connectivity index (χ0v) is 14.2. The van der Waals surface area contributed by atoms with Crippen molar-refractivity contribution in [1.29, 1.82) is 0 Å². The number of anilines is 1. The number of ether oxygens (including phenoxy) is 1. The van der Waals surface area contributed by atoms with Gasteiger partial charge in [0.2, 0.25) is 0 Å². The quantitative estimate of drug-likeness (QED) is 0.614. The first-order valence-electron chi connectivity index (χ1n) is 6.96. The third-order valence-corrected chi connectivity index (χ3v) is 4.05. The first-order chi connectivity index (χ1) is 11.2. The minimum Gasteiger partial charge on any atom is -0.410 e. The molecule has 0 fully saturated rings. The van der Waals surface area contributed by atoms with E-state index in [-0.39, 0.29) is 0 Å². The summed E-state index contributed by atoms with van der Waals surface area (Å²) in [6, 6.07) is 18.6. The maximum Gasteiger partial charge on any atom is 0.417 e. The van der Waals surface area contributed by atoms with Crippen molar-refractivity contribution in [2.24, 2.45) is 0 Å². The lowest BCUT2D eigenvalue weighted by Gasteiger charge is -2.09. The molecule has 114 valence electrons. The predicted octanol–water partition coefficient (Wildman–Crippen LogP) is 4.96. The lowest BCUT2D eigenvalue weighted by atomic mass is 10.1. The van der Waals surface area contributed by atoms with Gasteiger partial charge in [0.05, 0.1) is 0 Å². The van der Waals surface area contributed by atoms with Crippen LogP contribution in [0.2, 0.25) is 0 Å². The fourth-order valence-corrected chi connectivity index (χ4v) is 2.92. The average molecular weight is 416 g/mol. The van der Waals surface area contributed by atoms with Crippen LogP contribution in [0.4, 0.5) is 10.5 Å². The van der Waals surface area contributed by atoms with Crippen LogP contribution in [-0.2, 0) is 0 Å². The molecule has 0 aliphatic rings. The number of nitrogens with zero attached hydrogens (tertiary/aromatic N) is 1. The van der Waals surface area contributed by atoms with E-state index in [2.05, 4.69) is 32.9 Å². The Labute approximate surface area is 147 Å². The number of hydrogen-bond acceptors (Lipinski definition) is 3. The molecule has 0 aliphatic heterocycles. The second-order valence-electron chi connectivity index (χ2n) is 4.76. The molecule has 1 aromatic heterocycles. The number of halogens is 1. The fraction of sp³-hybridized carbons (Fsp3) is 0. The van der Waals surface area contributed by atoms with Crippen molar-refractivity contribution in [1.82, 2.24) is 4.98 Å². The van der Waals surface area contributed by atoms with E-state index in [0.717, 1.165) is 14.7 Å². The van der Waals surface area contributed by atoms with Crippen LogP contribution in [0.25, 0.3) is 11.1 Å². The summed E-state index contributed by atoms with van der Waals surface area (Å²) in [4.78, 5) is 15.9. The van der Waals surface area contributed by atoms with E-state index in [1.807, 2.05) is 48.5 Å². The standard InChI is InChI=1S/C18H13IN2O2/c19-17-12-14(6-7-16(17)13-8-10-20-11-9-13)21-18(22)23-15-4-2-1-3-5-15/h1-12H,(H,21,22). The summed E-state index contributed by atoms with van der Waals surface area (Å²) < 4.78 is 6.25. The number of rotatable bonds is 3. The van der Waals surface area contributed by atoms with Crippen molar-refractivity contribution in [2.75, 3.05) is 5.32 Å². The van der Waals surface area contributed by atoms with Crippen molar-refractivity contribution in [3.63, 3.8) is 0 Å². The number of nitrogens with one attached hydrogen (secondary N) is 1. The maximum atomic E-state index is 11.9. The van der Waals surface area contributed by atoms with Crippen LogP contribution in [0.1, 0.15) is 0 Å². The van der Waals surface area contributed by atoms with Crippen LogP contribution in [0, 0.1) is 3.57 Å². The van der Waals surface area contributed by atoms with E-state index in [1.165, 1.54) is 0 Å². The zero-order valence-electron chi connectivity index (χ0n) is 12.1. The van der Waals surface area contributed by atoms with E-state index in [0.29, 0.717) is 11.4 Å². The number of pyridine rings is 1. The highest BCUT2D eigenvalue weighted by molar-refractivity contribution is 14.1. The van der Waals surface area contributed by atoms with E-state index in [4.69, 9.17) is 4.74 Å². The molecule has 0 saturated heterocycles. The highest BCUT2D eigenvalue weighted by Gasteiger charge is 2.08. The second-order valence-corrected chi connectivity index (χ2v) is 5.92. The van der Waals surface area contributed by atoms with Crippen molar-refractivity contribution >= 4 is 34.4 Å². The first kappa shape index (κ1) is 15.5. The molecule has 2 aromatic carbocycles. The van der Waals surface area contributed by atoms with Crippen LogP contribution < -0.4 is 10.1 Å². The predicted molar refractivity (Wildman–Crippen MR) is 98.5 cm³/mol. The molecular formula is C18H13IN2O2. The summed E-state index contributed by atoms with van der Waals surface area (Å²) in [5, 5.41) is 2.73. The van der Waals surface area contributed by atoms with Gasteiger partial charge < -0.3 is 4.74 Å². The number of amides is 1. The molecule has 0 bridgehead atoms. The Balaban J connectivity index is 1.72. The van der Waals surface area contributed by atoms with Gasteiger partial charge in [-0.15, -0.1) is 0 Å². The Morgan fingerprint density at radius 3 is 2.43 bits per heavy atom. The Morgan fingerprint density at radius 2 is 1.74 bits per heavy atom. The van der Waals surface area contributed by atoms with Gasteiger partial charge in [0.25, 0.3) is 0 Å². The number of carbonyl (C=O) groups excluding carboxylic acids is 1. The van der Waals surface area contributed by atoms with Gasteiger partial charge in [0, 0.05) is 21.7 Å². The van der Waals surface area contributed by atoms with E-state index in [1.54, 1.807) is 24.5 Å². The van der Waals surface area contributed by atoms with Gasteiger partial charge in [-0.3, -0.25) is 10.3 Å². The van der Waals surface area contributed by atoms with Gasteiger partial charge in [0.1, 0.15) is 5.75 Å². The summed E-state index contributed by atoms with van der Waals surface area (Å²) in [5.74, 6) is 0.508. The topological polar surface area (TPSA) is 51.2 Å². The van der Waals surface area contributed by atoms with Crippen LogP contribution in [-0.4, -0.2) is 11.1 Å². The second kappa shape index (κ2) is 7.23. The van der Waals surface area contributed by atoms with Crippen LogP contribution >= 0.6 is 22.6 Å². The number of para-hydroxylation sites is 1. The molecule has 5 heteroatoms. The van der Waals surface area contributed by atoms with Gasteiger partial charge in [-0.1, -0.05) is 24.3 Å². The van der Waals surface area contributed by atoms with Gasteiger partial charge in [0.15, 0.2) is 0 Å². The van der Waals surface area contributed by atoms with E-state index in [9.17, 15) is 4.79 Å². The molecule has 4 nitrogen and oxygen atoms in total. The summed E-state index contributed by atoms with van der Waals surface area (Å²) in [6.45, 7) is 0. The summed E-state index contributed by atoms with van der Waals surface area (Å²) in [6.07, 6.45) is 3.01. The van der Waals surface area contributed by atoms with Gasteiger partial charge in [-0.2, -0.15) is 0 Å². The minimum atomic E-state index is -0.510. The van der Waals surface area contributed by atoms with Gasteiger partial charge >= 0.3 is 6.09 Å². The molecule has 1 heterocycles. The summed E-state index contributed by atoms with van der Waals surface area (Å²) in [7, 11) is 0. The molecule has 3 aromatic rings. The molecule has 23 heavy (non-hydrogen) atoms. The molecule has 0 unspecified atom stereocenters. The van der Waals surface area contributed by atoms with Crippen LogP contribution in [0.5, 0.6) is 5.75 Å². The number of hydrogen-bond donors (Lipinski definition) is 1. The maximum absolute atomic E-state index is 11.9. The lowest BCUT2D eigenvalue weighted by molar-refractivity contribution is 0.215. The molecule has 1 N–H and O–H groups in total. The van der Waals surface area contributed by atoms with Gasteiger partial charge in [-0.05, 0) is 70.1 Å². The lowest BCUT2D eigenvalue weighted by Crippen LogP contribution is -2.16. The number of benzene rings is 2. The third-order valence-electron chi connectivity index (χ3n) is 3.16. The summed E-state index contributed by atoms with van der Waals surface area (Å²) >= 11 is 2.25. The molecule has 0 radical (unpaired) electrons. The average Bonchev–Trinajstić information content (AvgIpc) is 2.56. The van der Waals surface area contributed by atoms with Crippen LogP contribution in [0.3, 0.4) is 0 Å². The zero-order chi connectivity index (χ0) is 16.1. The van der Waals surface area contributed by atoms with Crippen molar-refractivity contribution in [3.8, 4) is 16.9 Å². The van der Waals surface area contributed by atoms with E-state index < -0.39 is 6.09 Å². The normalized spacial score (nSPS) is 10.1. The molecule has 0 spiro atoms. The number of carbonyl (C=O) groups is 1. The molecule has 0 saturated carbocycles. The third kappa shape index (κ3) is 4.07. The van der Waals surface area contributed by atoms with Crippen LogP contribution in [0.15, 0.2) is 73.1 Å². The SMILES string of the molecule is O=C(Nc1ccc(-c2ccncc2)c(I)c1)Oc1ccccc1. The highest BCUT2D eigenvalue weighted by atomic mass is 127. The van der Waals surface area contributed by atoms with Crippen molar-refractivity contribution < 1.29 is 9.53 Å². The first-order valence-corrected chi connectivity index (χ1v) is 8.04. The minimum absolute atomic E-state index is 0.508. The summed E-state index contributed by atoms with van der Waals surface area (Å²) in [5.41, 5.74) is 2.87. The van der Waals surface area contributed by atoms with Crippen molar-refractivity contribution in [3.05, 3.63) is 76.6 Å². The molecular weight excluding hydrogens is 403 g/mol. The Bertz CT molecular complexity index is 808. The Hall–Kier alpha value is -2.41. The molecule has 0 aliphatic carbocycles. The fourth-order valence-electron chi connectivity index (χ4n) is 2.10. The molecule has 0 atom stereocenters. The van der Waals surface area contributed by atoms with Crippen molar-refractivity contribution in [2.45, 2.75) is 0 Å². The Kier molecular flexibility index (Phi) is 4.87. The monoisotopic (exact) mass is 416 g/mol. The Morgan fingerprint density at radius 1 is 1.00 bits per heavy atom. The number of aromatic nitrogens is 1. The van der Waals surface area contributed by atoms with Gasteiger partial charge in [-0.25, -0.2) is 4.79 Å². The smallest absolute Gasteiger partial charge is 0.410 e. The molecule has 1 amide bonds. The largest absolute Gasteiger partial charge is 0.417 e. The van der Waals surface area contributed by atoms with E-state index >= 15 is 0 Å². The molecule has 3 rings (SSSR count).